The molecule has 0 saturated carbocycles. The zero-order valence-electron chi connectivity index (χ0n) is 14.6. The molecule has 0 atom stereocenters. The van der Waals surface area contributed by atoms with Crippen LogP contribution in [0.2, 0.25) is 0 Å². The SMILES string of the molecule is CC1CCN(C(=O)CSc2ncnc3c(-c4ccccc4)nsc23)CC1. The summed E-state index contributed by atoms with van der Waals surface area (Å²) in [6.07, 6.45) is 3.77. The molecule has 0 spiro atoms. The van der Waals surface area contributed by atoms with E-state index in [0.717, 1.165) is 58.3 Å². The van der Waals surface area contributed by atoms with E-state index in [1.807, 2.05) is 35.2 Å². The van der Waals surface area contributed by atoms with Crippen molar-refractivity contribution in [1.29, 1.82) is 0 Å². The number of carbonyl (C=O) groups is 1. The fourth-order valence-corrected chi connectivity index (χ4v) is 4.93. The van der Waals surface area contributed by atoms with Crippen molar-refractivity contribution in [2.45, 2.75) is 24.8 Å². The quantitative estimate of drug-likeness (QED) is 0.501. The summed E-state index contributed by atoms with van der Waals surface area (Å²) in [6, 6.07) is 10.0. The topological polar surface area (TPSA) is 59.0 Å². The van der Waals surface area contributed by atoms with Crippen molar-refractivity contribution >= 4 is 39.4 Å². The van der Waals surface area contributed by atoms with Crippen LogP contribution in [0.5, 0.6) is 0 Å². The molecule has 0 unspecified atom stereocenters. The van der Waals surface area contributed by atoms with E-state index in [0.29, 0.717) is 5.75 Å². The van der Waals surface area contributed by atoms with Gasteiger partial charge in [0.1, 0.15) is 27.3 Å². The third-order valence-corrected chi connectivity index (χ3v) is 6.69. The number of rotatable bonds is 4. The Morgan fingerprint density at radius 1 is 1.23 bits per heavy atom. The molecule has 1 aliphatic rings. The number of benzene rings is 1. The average molecular weight is 385 g/mol. The highest BCUT2D eigenvalue weighted by Crippen LogP contribution is 2.34. The second-order valence-corrected chi connectivity index (χ2v) is 8.34. The fourth-order valence-electron chi connectivity index (χ4n) is 3.11. The van der Waals surface area contributed by atoms with Gasteiger partial charge in [0.25, 0.3) is 0 Å². The maximum absolute atomic E-state index is 12.5. The second kappa shape index (κ2) is 7.72. The van der Waals surface area contributed by atoms with Crippen LogP contribution in [0.15, 0.2) is 41.7 Å². The van der Waals surface area contributed by atoms with Crippen molar-refractivity contribution in [3.05, 3.63) is 36.7 Å². The largest absolute Gasteiger partial charge is 0.342 e. The summed E-state index contributed by atoms with van der Waals surface area (Å²) < 4.78 is 5.54. The predicted molar refractivity (Wildman–Crippen MR) is 106 cm³/mol. The highest BCUT2D eigenvalue weighted by Gasteiger charge is 2.21. The molecule has 2 aromatic heterocycles. The molecule has 1 saturated heterocycles. The van der Waals surface area contributed by atoms with E-state index in [-0.39, 0.29) is 5.91 Å². The normalized spacial score (nSPS) is 15.5. The molecule has 3 heterocycles. The van der Waals surface area contributed by atoms with Gasteiger partial charge in [0.15, 0.2) is 0 Å². The summed E-state index contributed by atoms with van der Waals surface area (Å²) in [5, 5.41) is 0.841. The summed E-state index contributed by atoms with van der Waals surface area (Å²) in [5.74, 6) is 1.34. The van der Waals surface area contributed by atoms with Crippen molar-refractivity contribution in [3.63, 3.8) is 0 Å². The van der Waals surface area contributed by atoms with Crippen LogP contribution in [0.3, 0.4) is 0 Å². The standard InChI is InChI=1S/C19H20N4OS2/c1-13-7-9-23(10-8-13)15(24)11-25-19-18-17(20-12-21-19)16(22-26-18)14-5-3-2-4-6-14/h2-6,12-13H,7-11H2,1H3. The number of carbonyl (C=O) groups excluding carboxylic acids is 1. The lowest BCUT2D eigenvalue weighted by Crippen LogP contribution is -2.38. The van der Waals surface area contributed by atoms with Crippen LogP contribution in [0.25, 0.3) is 21.5 Å². The van der Waals surface area contributed by atoms with Crippen LogP contribution < -0.4 is 0 Å². The third kappa shape index (κ3) is 3.59. The van der Waals surface area contributed by atoms with Gasteiger partial charge < -0.3 is 4.90 Å². The number of hydrogen-bond donors (Lipinski definition) is 0. The Morgan fingerprint density at radius 3 is 2.77 bits per heavy atom. The minimum Gasteiger partial charge on any atom is -0.342 e. The van der Waals surface area contributed by atoms with E-state index in [4.69, 9.17) is 0 Å². The van der Waals surface area contributed by atoms with Gasteiger partial charge in [-0.2, -0.15) is 4.37 Å². The first-order valence-corrected chi connectivity index (χ1v) is 10.5. The Bertz CT molecular complexity index is 904. The van der Waals surface area contributed by atoms with Gasteiger partial charge in [-0.1, -0.05) is 49.0 Å². The lowest BCUT2D eigenvalue weighted by Gasteiger charge is -2.30. The smallest absolute Gasteiger partial charge is 0.232 e. The molecule has 7 heteroatoms. The van der Waals surface area contributed by atoms with E-state index < -0.39 is 0 Å². The van der Waals surface area contributed by atoms with E-state index in [1.54, 1.807) is 6.33 Å². The van der Waals surface area contributed by atoms with Crippen LogP contribution >= 0.6 is 23.3 Å². The molecule has 4 rings (SSSR count). The number of piperidine rings is 1. The first kappa shape index (κ1) is 17.4. The highest BCUT2D eigenvalue weighted by atomic mass is 32.2. The van der Waals surface area contributed by atoms with Crippen molar-refractivity contribution in [2.24, 2.45) is 5.92 Å². The molecule has 1 amide bonds. The maximum Gasteiger partial charge on any atom is 0.232 e. The summed E-state index contributed by atoms with van der Waals surface area (Å²) in [5.41, 5.74) is 2.79. The molecule has 0 aliphatic carbocycles. The molecule has 1 fully saturated rings. The van der Waals surface area contributed by atoms with Gasteiger partial charge in [-0.3, -0.25) is 4.79 Å². The van der Waals surface area contributed by atoms with Gasteiger partial charge in [-0.25, -0.2) is 9.97 Å². The van der Waals surface area contributed by atoms with Crippen molar-refractivity contribution in [3.8, 4) is 11.3 Å². The van der Waals surface area contributed by atoms with Crippen LogP contribution in [-0.4, -0.2) is 44.0 Å². The Labute approximate surface area is 161 Å². The summed E-state index contributed by atoms with van der Waals surface area (Å²) in [6.45, 7) is 4.00. The number of fused-ring (bicyclic) bond motifs is 1. The number of aromatic nitrogens is 3. The van der Waals surface area contributed by atoms with Gasteiger partial charge in [-0.15, -0.1) is 0 Å². The average Bonchev–Trinajstić information content (AvgIpc) is 3.12. The van der Waals surface area contributed by atoms with Gasteiger partial charge in [0, 0.05) is 18.7 Å². The number of thioether (sulfide) groups is 1. The minimum absolute atomic E-state index is 0.196. The number of amides is 1. The van der Waals surface area contributed by atoms with E-state index in [9.17, 15) is 4.79 Å². The molecule has 1 aliphatic heterocycles. The monoisotopic (exact) mass is 384 g/mol. The van der Waals surface area contributed by atoms with Crippen molar-refractivity contribution in [2.75, 3.05) is 18.8 Å². The summed E-state index contributed by atoms with van der Waals surface area (Å²) in [7, 11) is 0. The van der Waals surface area contributed by atoms with E-state index in [2.05, 4.69) is 21.3 Å². The molecular weight excluding hydrogens is 364 g/mol. The van der Waals surface area contributed by atoms with Crippen molar-refractivity contribution in [1.82, 2.24) is 19.2 Å². The fraction of sp³-hybridized carbons (Fsp3) is 0.368. The first-order valence-electron chi connectivity index (χ1n) is 8.78. The third-order valence-electron chi connectivity index (χ3n) is 4.74. The molecule has 3 aromatic rings. The molecular formula is C19H20N4OS2. The zero-order chi connectivity index (χ0) is 17.9. The van der Waals surface area contributed by atoms with Gasteiger partial charge in [0.2, 0.25) is 5.91 Å². The minimum atomic E-state index is 0.196. The van der Waals surface area contributed by atoms with E-state index >= 15 is 0 Å². The zero-order valence-corrected chi connectivity index (χ0v) is 16.2. The Morgan fingerprint density at radius 2 is 2.00 bits per heavy atom. The summed E-state index contributed by atoms with van der Waals surface area (Å²) >= 11 is 2.89. The van der Waals surface area contributed by atoms with Crippen LogP contribution in [0.4, 0.5) is 0 Å². The second-order valence-electron chi connectivity index (χ2n) is 6.61. The van der Waals surface area contributed by atoms with Crippen LogP contribution in [0.1, 0.15) is 19.8 Å². The summed E-state index contributed by atoms with van der Waals surface area (Å²) in [4.78, 5) is 23.3. The Balaban J connectivity index is 1.51. The van der Waals surface area contributed by atoms with Crippen molar-refractivity contribution < 1.29 is 4.79 Å². The van der Waals surface area contributed by atoms with Crippen LogP contribution in [0, 0.1) is 5.92 Å². The molecule has 134 valence electrons. The Kier molecular flexibility index (Phi) is 5.17. The molecule has 26 heavy (non-hydrogen) atoms. The van der Waals surface area contributed by atoms with Crippen LogP contribution in [-0.2, 0) is 4.79 Å². The maximum atomic E-state index is 12.5. The first-order chi connectivity index (χ1) is 12.7. The van der Waals surface area contributed by atoms with Gasteiger partial charge >= 0.3 is 0 Å². The van der Waals surface area contributed by atoms with Gasteiger partial charge in [-0.05, 0) is 30.3 Å². The molecule has 0 radical (unpaired) electrons. The van der Waals surface area contributed by atoms with Gasteiger partial charge in [0.05, 0.1) is 5.75 Å². The Hall–Kier alpha value is -1.99. The predicted octanol–water partition coefficient (Wildman–Crippen LogP) is 4.10. The number of nitrogens with zero attached hydrogens (tertiary/aromatic N) is 4. The number of likely N-dealkylation sites (tertiary alicyclic amines) is 1. The van der Waals surface area contributed by atoms with E-state index in [1.165, 1.54) is 23.3 Å². The molecule has 1 aromatic carbocycles. The molecule has 0 bridgehead atoms. The molecule has 0 N–H and O–H groups in total. The highest BCUT2D eigenvalue weighted by molar-refractivity contribution is 8.00. The number of hydrogen-bond acceptors (Lipinski definition) is 6. The lowest BCUT2D eigenvalue weighted by molar-refractivity contribution is -0.129. The molecule has 5 nitrogen and oxygen atoms in total. The lowest BCUT2D eigenvalue weighted by atomic mass is 9.99.